The standard InChI is InChI=1S/C15H19NO5/c17-14(13-6-3-9-20-13)16-7-1-5-12(16)15(18)21-10-11-4-2-8-19-11/h3,6,9,11-12H,1-2,4-5,7-8,10H2/t11-,12+/m0/s1. The molecule has 114 valence electrons. The summed E-state index contributed by atoms with van der Waals surface area (Å²) >= 11 is 0. The van der Waals surface area contributed by atoms with Crippen molar-refractivity contribution >= 4 is 11.9 Å². The topological polar surface area (TPSA) is 69.0 Å². The fourth-order valence-corrected chi connectivity index (χ4v) is 2.84. The SMILES string of the molecule is O=C(OC[C@@H]1CCCO1)[C@H]1CCCN1C(=O)c1ccco1. The molecule has 0 saturated carbocycles. The van der Waals surface area contributed by atoms with Gasteiger partial charge in [0.05, 0.1) is 12.4 Å². The number of ether oxygens (including phenoxy) is 2. The first-order chi connectivity index (χ1) is 10.3. The van der Waals surface area contributed by atoms with E-state index in [-0.39, 0.29) is 30.3 Å². The van der Waals surface area contributed by atoms with E-state index in [9.17, 15) is 9.59 Å². The Morgan fingerprint density at radius 2 is 2.24 bits per heavy atom. The fraction of sp³-hybridized carbons (Fsp3) is 0.600. The van der Waals surface area contributed by atoms with Crippen molar-refractivity contribution in [3.05, 3.63) is 24.2 Å². The summed E-state index contributed by atoms with van der Waals surface area (Å²) in [5, 5.41) is 0. The van der Waals surface area contributed by atoms with Crippen LogP contribution in [0.25, 0.3) is 0 Å². The molecule has 1 aromatic heterocycles. The zero-order valence-corrected chi connectivity index (χ0v) is 11.8. The van der Waals surface area contributed by atoms with E-state index in [4.69, 9.17) is 13.9 Å². The molecule has 3 heterocycles. The molecule has 21 heavy (non-hydrogen) atoms. The van der Waals surface area contributed by atoms with Crippen LogP contribution in [0.3, 0.4) is 0 Å². The molecule has 2 fully saturated rings. The maximum absolute atomic E-state index is 12.3. The molecule has 1 aromatic rings. The largest absolute Gasteiger partial charge is 0.461 e. The zero-order valence-electron chi connectivity index (χ0n) is 11.8. The van der Waals surface area contributed by atoms with E-state index >= 15 is 0 Å². The molecule has 0 aromatic carbocycles. The first kappa shape index (κ1) is 14.1. The number of carbonyl (C=O) groups excluding carboxylic acids is 2. The Balaban J connectivity index is 1.58. The van der Waals surface area contributed by atoms with Crippen LogP contribution in [0.4, 0.5) is 0 Å². The molecule has 6 nitrogen and oxygen atoms in total. The molecule has 0 radical (unpaired) electrons. The van der Waals surface area contributed by atoms with Crippen molar-refractivity contribution in [2.45, 2.75) is 37.8 Å². The molecular weight excluding hydrogens is 274 g/mol. The number of rotatable bonds is 4. The summed E-state index contributed by atoms with van der Waals surface area (Å²) in [6.45, 7) is 1.56. The number of esters is 1. The van der Waals surface area contributed by atoms with Gasteiger partial charge in [0.2, 0.25) is 0 Å². The first-order valence-corrected chi connectivity index (χ1v) is 7.38. The second-order valence-corrected chi connectivity index (χ2v) is 5.40. The number of furan rings is 1. The minimum Gasteiger partial charge on any atom is -0.461 e. The van der Waals surface area contributed by atoms with Crippen molar-refractivity contribution in [3.8, 4) is 0 Å². The van der Waals surface area contributed by atoms with Crippen LogP contribution in [-0.4, -0.2) is 48.7 Å². The van der Waals surface area contributed by atoms with Gasteiger partial charge in [-0.1, -0.05) is 0 Å². The summed E-state index contributed by atoms with van der Waals surface area (Å²) in [6.07, 6.45) is 4.82. The number of amides is 1. The molecule has 2 aliphatic heterocycles. The first-order valence-electron chi connectivity index (χ1n) is 7.38. The van der Waals surface area contributed by atoms with Crippen LogP contribution in [0.1, 0.15) is 36.2 Å². The summed E-state index contributed by atoms with van der Waals surface area (Å²) in [4.78, 5) is 26.0. The van der Waals surface area contributed by atoms with Crippen molar-refractivity contribution in [2.75, 3.05) is 19.8 Å². The highest BCUT2D eigenvalue weighted by Gasteiger charge is 2.37. The number of likely N-dealkylation sites (tertiary alicyclic amines) is 1. The van der Waals surface area contributed by atoms with Gasteiger partial charge in [-0.15, -0.1) is 0 Å². The van der Waals surface area contributed by atoms with E-state index in [0.29, 0.717) is 13.0 Å². The Kier molecular flexibility index (Phi) is 4.24. The van der Waals surface area contributed by atoms with Crippen LogP contribution in [0.5, 0.6) is 0 Å². The quantitative estimate of drug-likeness (QED) is 0.789. The van der Waals surface area contributed by atoms with Crippen LogP contribution in [0.2, 0.25) is 0 Å². The van der Waals surface area contributed by atoms with Gasteiger partial charge in [0.25, 0.3) is 5.91 Å². The molecule has 1 amide bonds. The lowest BCUT2D eigenvalue weighted by atomic mass is 10.2. The monoisotopic (exact) mass is 293 g/mol. The smallest absolute Gasteiger partial charge is 0.328 e. The number of hydrogen-bond donors (Lipinski definition) is 0. The molecule has 0 unspecified atom stereocenters. The molecule has 2 saturated heterocycles. The number of hydrogen-bond acceptors (Lipinski definition) is 5. The average molecular weight is 293 g/mol. The maximum Gasteiger partial charge on any atom is 0.328 e. The van der Waals surface area contributed by atoms with Crippen LogP contribution < -0.4 is 0 Å². The third kappa shape index (κ3) is 3.10. The molecule has 2 aliphatic rings. The van der Waals surface area contributed by atoms with Gasteiger partial charge in [-0.2, -0.15) is 0 Å². The summed E-state index contributed by atoms with van der Waals surface area (Å²) in [6, 6.07) is 2.76. The lowest BCUT2D eigenvalue weighted by Crippen LogP contribution is -2.41. The highest BCUT2D eigenvalue weighted by Crippen LogP contribution is 2.22. The molecule has 0 spiro atoms. The molecule has 0 N–H and O–H groups in total. The Hall–Kier alpha value is -1.82. The van der Waals surface area contributed by atoms with E-state index in [0.717, 1.165) is 25.9 Å². The molecule has 2 atom stereocenters. The molecule has 6 heteroatoms. The zero-order chi connectivity index (χ0) is 14.7. The minimum atomic E-state index is -0.510. The van der Waals surface area contributed by atoms with Crippen molar-refractivity contribution in [3.63, 3.8) is 0 Å². The molecule has 0 aliphatic carbocycles. The van der Waals surface area contributed by atoms with Crippen molar-refractivity contribution in [1.82, 2.24) is 4.90 Å². The predicted octanol–water partition coefficient (Wildman–Crippen LogP) is 1.61. The number of carbonyl (C=O) groups is 2. The minimum absolute atomic E-state index is 0.00424. The van der Waals surface area contributed by atoms with Gasteiger partial charge < -0.3 is 18.8 Å². The van der Waals surface area contributed by atoms with E-state index in [1.54, 1.807) is 12.1 Å². The third-order valence-electron chi connectivity index (χ3n) is 3.95. The van der Waals surface area contributed by atoms with Crippen LogP contribution in [0, 0.1) is 0 Å². The van der Waals surface area contributed by atoms with Gasteiger partial charge in [0.1, 0.15) is 12.6 Å². The lowest BCUT2D eigenvalue weighted by molar-refractivity contribution is -0.151. The van der Waals surface area contributed by atoms with E-state index in [2.05, 4.69) is 0 Å². The second kappa shape index (κ2) is 6.30. The van der Waals surface area contributed by atoms with Gasteiger partial charge in [-0.3, -0.25) is 4.79 Å². The average Bonchev–Trinajstić information content (AvgIpc) is 3.26. The van der Waals surface area contributed by atoms with Crippen molar-refractivity contribution in [2.24, 2.45) is 0 Å². The summed E-state index contributed by atoms with van der Waals surface area (Å²) in [5.74, 6) is -0.340. The molecule has 3 rings (SSSR count). The number of nitrogens with zero attached hydrogens (tertiary/aromatic N) is 1. The third-order valence-corrected chi connectivity index (χ3v) is 3.95. The predicted molar refractivity (Wildman–Crippen MR) is 72.7 cm³/mol. The summed E-state index contributed by atoms with van der Waals surface area (Å²) in [7, 11) is 0. The normalized spacial score (nSPS) is 25.2. The molecule has 0 bridgehead atoms. The van der Waals surface area contributed by atoms with E-state index < -0.39 is 6.04 Å². The van der Waals surface area contributed by atoms with Gasteiger partial charge in [-0.25, -0.2) is 4.79 Å². The van der Waals surface area contributed by atoms with Gasteiger partial charge in [-0.05, 0) is 37.8 Å². The summed E-state index contributed by atoms with van der Waals surface area (Å²) < 4.78 is 15.9. The second-order valence-electron chi connectivity index (χ2n) is 5.40. The van der Waals surface area contributed by atoms with Crippen LogP contribution >= 0.6 is 0 Å². The van der Waals surface area contributed by atoms with Crippen LogP contribution in [0.15, 0.2) is 22.8 Å². The summed E-state index contributed by atoms with van der Waals surface area (Å²) in [5.41, 5.74) is 0. The maximum atomic E-state index is 12.3. The Labute approximate surface area is 123 Å². The highest BCUT2D eigenvalue weighted by atomic mass is 16.6. The van der Waals surface area contributed by atoms with Gasteiger partial charge in [0, 0.05) is 13.2 Å². The van der Waals surface area contributed by atoms with Gasteiger partial charge >= 0.3 is 5.97 Å². The Bertz CT molecular complexity index is 492. The van der Waals surface area contributed by atoms with E-state index in [1.807, 2.05) is 0 Å². The fourth-order valence-electron chi connectivity index (χ4n) is 2.84. The van der Waals surface area contributed by atoms with Crippen LogP contribution in [-0.2, 0) is 14.3 Å². The Morgan fingerprint density at radius 1 is 1.33 bits per heavy atom. The Morgan fingerprint density at radius 3 is 2.95 bits per heavy atom. The lowest BCUT2D eigenvalue weighted by Gasteiger charge is -2.22. The molecular formula is C15H19NO5. The highest BCUT2D eigenvalue weighted by molar-refractivity contribution is 5.94. The van der Waals surface area contributed by atoms with E-state index in [1.165, 1.54) is 11.2 Å². The van der Waals surface area contributed by atoms with Gasteiger partial charge in [0.15, 0.2) is 5.76 Å². The van der Waals surface area contributed by atoms with Crippen molar-refractivity contribution < 1.29 is 23.5 Å². The van der Waals surface area contributed by atoms with Crippen molar-refractivity contribution in [1.29, 1.82) is 0 Å².